The van der Waals surface area contributed by atoms with E-state index in [1.54, 1.807) is 0 Å². The summed E-state index contributed by atoms with van der Waals surface area (Å²) in [7, 11) is 1.45. The lowest BCUT2D eigenvalue weighted by molar-refractivity contribution is -0.147. The second-order valence-corrected chi connectivity index (χ2v) is 4.51. The van der Waals surface area contributed by atoms with Crippen molar-refractivity contribution in [1.82, 2.24) is 5.32 Å². The molecule has 2 rings (SSSR count). The van der Waals surface area contributed by atoms with E-state index in [2.05, 4.69) is 12.2 Å². The fourth-order valence-electron chi connectivity index (χ4n) is 2.65. The Bertz CT molecular complexity index is 244. The minimum absolute atomic E-state index is 0.0229. The second-order valence-electron chi connectivity index (χ2n) is 4.51. The van der Waals surface area contributed by atoms with Crippen LogP contribution < -0.4 is 5.32 Å². The maximum absolute atomic E-state index is 11.5. The van der Waals surface area contributed by atoms with Gasteiger partial charge < -0.3 is 14.8 Å². The van der Waals surface area contributed by atoms with Crippen molar-refractivity contribution in [2.45, 2.75) is 32.0 Å². The zero-order valence-electron chi connectivity index (χ0n) is 9.36. The third kappa shape index (κ3) is 2.16. The predicted octanol–water partition coefficient (Wildman–Crippen LogP) is 0.562. The van der Waals surface area contributed by atoms with Crippen LogP contribution in [-0.4, -0.2) is 38.4 Å². The standard InChI is InChI=1S/C11H19NO3/c1-7-3-4-10(15-7)8-5-12-6-9(8)11(13)14-2/h7-10,12H,3-6H2,1-2H3. The predicted molar refractivity (Wildman–Crippen MR) is 55.4 cm³/mol. The number of carbonyl (C=O) groups is 1. The molecule has 86 valence electrons. The summed E-state index contributed by atoms with van der Waals surface area (Å²) in [5.74, 6) is 0.167. The van der Waals surface area contributed by atoms with Crippen molar-refractivity contribution in [3.05, 3.63) is 0 Å². The fourth-order valence-corrected chi connectivity index (χ4v) is 2.65. The Kier molecular flexibility index (Phi) is 3.26. The van der Waals surface area contributed by atoms with Crippen molar-refractivity contribution in [1.29, 1.82) is 0 Å². The van der Waals surface area contributed by atoms with Gasteiger partial charge in [0.2, 0.25) is 0 Å². The average Bonchev–Trinajstić information content (AvgIpc) is 2.84. The minimum Gasteiger partial charge on any atom is -0.469 e. The average molecular weight is 213 g/mol. The van der Waals surface area contributed by atoms with Crippen molar-refractivity contribution >= 4 is 5.97 Å². The van der Waals surface area contributed by atoms with E-state index in [-0.39, 0.29) is 18.0 Å². The second kappa shape index (κ2) is 4.49. The van der Waals surface area contributed by atoms with Gasteiger partial charge in [-0.1, -0.05) is 0 Å². The monoisotopic (exact) mass is 213 g/mol. The quantitative estimate of drug-likeness (QED) is 0.681. The summed E-state index contributed by atoms with van der Waals surface area (Å²) in [5.41, 5.74) is 0. The molecular weight excluding hydrogens is 194 g/mol. The molecule has 1 N–H and O–H groups in total. The van der Waals surface area contributed by atoms with Crippen LogP contribution in [0.15, 0.2) is 0 Å². The van der Waals surface area contributed by atoms with Gasteiger partial charge in [0.25, 0.3) is 0 Å². The Morgan fingerprint density at radius 1 is 1.40 bits per heavy atom. The first-order valence-corrected chi connectivity index (χ1v) is 5.66. The summed E-state index contributed by atoms with van der Waals surface area (Å²) < 4.78 is 10.6. The number of nitrogens with one attached hydrogen (secondary N) is 1. The molecule has 0 aromatic rings. The van der Waals surface area contributed by atoms with Gasteiger partial charge in [0, 0.05) is 19.0 Å². The molecule has 0 spiro atoms. The van der Waals surface area contributed by atoms with E-state index >= 15 is 0 Å². The van der Waals surface area contributed by atoms with Crippen LogP contribution in [0.3, 0.4) is 0 Å². The third-order valence-corrected chi connectivity index (χ3v) is 3.51. The van der Waals surface area contributed by atoms with Gasteiger partial charge in [-0.3, -0.25) is 4.79 Å². The lowest BCUT2D eigenvalue weighted by Crippen LogP contribution is -2.32. The molecular formula is C11H19NO3. The molecule has 0 saturated carbocycles. The first-order chi connectivity index (χ1) is 7.22. The van der Waals surface area contributed by atoms with Crippen LogP contribution in [0.4, 0.5) is 0 Å². The summed E-state index contributed by atoms with van der Waals surface area (Å²) >= 11 is 0. The summed E-state index contributed by atoms with van der Waals surface area (Å²) in [6.45, 7) is 3.69. The van der Waals surface area contributed by atoms with Gasteiger partial charge in [-0.25, -0.2) is 0 Å². The molecule has 0 bridgehead atoms. The van der Waals surface area contributed by atoms with Crippen LogP contribution in [-0.2, 0) is 14.3 Å². The van der Waals surface area contributed by atoms with Gasteiger partial charge in [-0.05, 0) is 19.8 Å². The Morgan fingerprint density at radius 2 is 2.20 bits per heavy atom. The van der Waals surface area contributed by atoms with Gasteiger partial charge >= 0.3 is 5.97 Å². The Labute approximate surface area is 90.3 Å². The number of hydrogen-bond acceptors (Lipinski definition) is 4. The smallest absolute Gasteiger partial charge is 0.310 e. The number of ether oxygens (including phenoxy) is 2. The molecule has 2 fully saturated rings. The van der Waals surface area contributed by atoms with Crippen LogP contribution in [0.2, 0.25) is 0 Å². The van der Waals surface area contributed by atoms with Crippen LogP contribution in [0.5, 0.6) is 0 Å². The van der Waals surface area contributed by atoms with Crippen molar-refractivity contribution < 1.29 is 14.3 Å². The van der Waals surface area contributed by atoms with Crippen molar-refractivity contribution in [2.75, 3.05) is 20.2 Å². The van der Waals surface area contributed by atoms with Crippen molar-refractivity contribution in [3.8, 4) is 0 Å². The van der Waals surface area contributed by atoms with Crippen molar-refractivity contribution in [2.24, 2.45) is 11.8 Å². The van der Waals surface area contributed by atoms with E-state index < -0.39 is 0 Å². The molecule has 0 aromatic heterocycles. The van der Waals surface area contributed by atoms with Crippen LogP contribution >= 0.6 is 0 Å². The molecule has 4 unspecified atom stereocenters. The van der Waals surface area contributed by atoms with Crippen LogP contribution in [0, 0.1) is 11.8 Å². The molecule has 2 heterocycles. The highest BCUT2D eigenvalue weighted by Gasteiger charge is 2.41. The van der Waals surface area contributed by atoms with Gasteiger partial charge in [0.1, 0.15) is 0 Å². The molecule has 2 saturated heterocycles. The van der Waals surface area contributed by atoms with Gasteiger partial charge in [-0.2, -0.15) is 0 Å². The lowest BCUT2D eigenvalue weighted by Gasteiger charge is -2.22. The number of carbonyl (C=O) groups excluding carboxylic acids is 1. The molecule has 4 heteroatoms. The molecule has 4 atom stereocenters. The molecule has 2 aliphatic rings. The summed E-state index contributed by atoms with van der Waals surface area (Å²) in [6, 6.07) is 0. The number of methoxy groups -OCH3 is 1. The Balaban J connectivity index is 1.98. The SMILES string of the molecule is COC(=O)C1CNCC1C1CCC(C)O1. The van der Waals surface area contributed by atoms with E-state index in [4.69, 9.17) is 9.47 Å². The van der Waals surface area contributed by atoms with E-state index in [1.165, 1.54) is 7.11 Å². The van der Waals surface area contributed by atoms with Gasteiger partial charge in [0.15, 0.2) is 0 Å². The van der Waals surface area contributed by atoms with Crippen LogP contribution in [0.25, 0.3) is 0 Å². The van der Waals surface area contributed by atoms with Crippen LogP contribution in [0.1, 0.15) is 19.8 Å². The Morgan fingerprint density at radius 3 is 2.80 bits per heavy atom. The summed E-state index contributed by atoms with van der Waals surface area (Å²) in [4.78, 5) is 11.5. The maximum atomic E-state index is 11.5. The lowest BCUT2D eigenvalue weighted by atomic mass is 9.89. The minimum atomic E-state index is -0.104. The third-order valence-electron chi connectivity index (χ3n) is 3.51. The normalized spacial score (nSPS) is 40.7. The first-order valence-electron chi connectivity index (χ1n) is 5.66. The number of hydrogen-bond donors (Lipinski definition) is 1. The van der Waals surface area contributed by atoms with E-state index in [0.717, 1.165) is 25.9 Å². The molecule has 0 radical (unpaired) electrons. The largest absolute Gasteiger partial charge is 0.469 e. The highest BCUT2D eigenvalue weighted by Crippen LogP contribution is 2.32. The van der Waals surface area contributed by atoms with E-state index in [1.807, 2.05) is 0 Å². The zero-order valence-corrected chi connectivity index (χ0v) is 9.36. The van der Waals surface area contributed by atoms with E-state index in [0.29, 0.717) is 12.0 Å². The first kappa shape index (κ1) is 10.9. The Hall–Kier alpha value is -0.610. The fraction of sp³-hybridized carbons (Fsp3) is 0.909. The van der Waals surface area contributed by atoms with Crippen molar-refractivity contribution in [3.63, 3.8) is 0 Å². The number of esters is 1. The zero-order chi connectivity index (χ0) is 10.8. The summed E-state index contributed by atoms with van der Waals surface area (Å²) in [5, 5.41) is 3.25. The molecule has 0 amide bonds. The van der Waals surface area contributed by atoms with Gasteiger partial charge in [-0.15, -0.1) is 0 Å². The molecule has 15 heavy (non-hydrogen) atoms. The molecule has 0 aromatic carbocycles. The maximum Gasteiger partial charge on any atom is 0.310 e. The molecule has 2 aliphatic heterocycles. The highest BCUT2D eigenvalue weighted by molar-refractivity contribution is 5.73. The number of rotatable bonds is 2. The molecule has 0 aliphatic carbocycles. The molecule has 4 nitrogen and oxygen atoms in total. The van der Waals surface area contributed by atoms with E-state index in [9.17, 15) is 4.79 Å². The van der Waals surface area contributed by atoms with Gasteiger partial charge in [0.05, 0.1) is 25.2 Å². The highest BCUT2D eigenvalue weighted by atomic mass is 16.5. The topological polar surface area (TPSA) is 47.6 Å². The summed E-state index contributed by atoms with van der Waals surface area (Å²) in [6.07, 6.45) is 2.75.